The fourth-order valence-corrected chi connectivity index (χ4v) is 7.23. The van der Waals surface area contributed by atoms with Gasteiger partial charge in [-0.05, 0) is 96.3 Å². The van der Waals surface area contributed by atoms with Crippen molar-refractivity contribution in [2.45, 2.75) is 245 Å². The number of allylic oxidation sites excluding steroid dienone is 18. The quantitative estimate of drug-likeness (QED) is 0.0262. The number of ether oxygens (including phenoxy) is 3. The van der Waals surface area contributed by atoms with Crippen molar-refractivity contribution in [3.05, 3.63) is 109 Å². The van der Waals surface area contributed by atoms with Crippen LogP contribution >= 0.6 is 0 Å². The highest BCUT2D eigenvalue weighted by molar-refractivity contribution is 5.71. The van der Waals surface area contributed by atoms with Crippen LogP contribution in [-0.2, 0) is 28.6 Å². The van der Waals surface area contributed by atoms with Crippen molar-refractivity contribution in [1.82, 2.24) is 0 Å². The number of carbonyl (C=O) groups is 3. The molecule has 0 rings (SSSR count). The van der Waals surface area contributed by atoms with Crippen LogP contribution in [0.15, 0.2) is 109 Å². The lowest BCUT2D eigenvalue weighted by atomic mass is 10.0. The minimum absolute atomic E-state index is 0.106. The Morgan fingerprint density at radius 3 is 0.970 bits per heavy atom. The summed E-state index contributed by atoms with van der Waals surface area (Å²) in [5, 5.41) is 0. The van der Waals surface area contributed by atoms with Crippen molar-refractivity contribution in [3.63, 3.8) is 0 Å². The largest absolute Gasteiger partial charge is 0.462 e. The summed E-state index contributed by atoms with van der Waals surface area (Å²) < 4.78 is 16.8. The fraction of sp³-hybridized carbons (Fsp3) is 0.656. The van der Waals surface area contributed by atoms with Crippen molar-refractivity contribution < 1.29 is 28.6 Å². The van der Waals surface area contributed by atoms with E-state index in [-0.39, 0.29) is 44.0 Å². The van der Waals surface area contributed by atoms with Gasteiger partial charge in [-0.25, -0.2) is 0 Å². The van der Waals surface area contributed by atoms with Crippen LogP contribution in [0.1, 0.15) is 239 Å². The Labute approximate surface area is 412 Å². The van der Waals surface area contributed by atoms with Crippen LogP contribution in [0.3, 0.4) is 0 Å². The molecular weight excluding hydrogens is 829 g/mol. The van der Waals surface area contributed by atoms with Gasteiger partial charge >= 0.3 is 17.9 Å². The minimum Gasteiger partial charge on any atom is -0.462 e. The molecule has 0 radical (unpaired) electrons. The van der Waals surface area contributed by atoms with Gasteiger partial charge < -0.3 is 14.2 Å². The molecule has 0 heterocycles. The van der Waals surface area contributed by atoms with Gasteiger partial charge in [0, 0.05) is 19.3 Å². The van der Waals surface area contributed by atoms with Crippen molar-refractivity contribution in [3.8, 4) is 0 Å². The van der Waals surface area contributed by atoms with Crippen LogP contribution in [0.4, 0.5) is 0 Å². The number of hydrogen-bond donors (Lipinski definition) is 0. The second-order valence-electron chi connectivity index (χ2n) is 17.7. The molecule has 0 aromatic heterocycles. The second kappa shape index (κ2) is 54.7. The number of unbranched alkanes of at least 4 members (excludes halogenated alkanes) is 19. The van der Waals surface area contributed by atoms with E-state index in [0.29, 0.717) is 12.8 Å². The molecule has 0 bridgehead atoms. The highest BCUT2D eigenvalue weighted by Gasteiger charge is 2.19. The van der Waals surface area contributed by atoms with Gasteiger partial charge in [0.1, 0.15) is 13.2 Å². The first kappa shape index (κ1) is 63.1. The van der Waals surface area contributed by atoms with E-state index in [4.69, 9.17) is 14.2 Å². The average molecular weight is 929 g/mol. The van der Waals surface area contributed by atoms with E-state index in [1.807, 2.05) is 0 Å². The first-order valence-electron chi connectivity index (χ1n) is 27.4. The molecule has 0 saturated carbocycles. The van der Waals surface area contributed by atoms with E-state index in [1.54, 1.807) is 0 Å². The maximum Gasteiger partial charge on any atom is 0.306 e. The Morgan fingerprint density at radius 1 is 0.313 bits per heavy atom. The predicted octanol–water partition coefficient (Wildman–Crippen LogP) is 18.3. The Hall–Kier alpha value is -3.93. The third-order valence-corrected chi connectivity index (χ3v) is 11.3. The van der Waals surface area contributed by atoms with Crippen LogP contribution in [0.25, 0.3) is 0 Å². The topological polar surface area (TPSA) is 78.9 Å². The summed E-state index contributed by atoms with van der Waals surface area (Å²) in [6.07, 6.45) is 73.6. The normalized spacial score (nSPS) is 12.9. The minimum atomic E-state index is -0.814. The predicted molar refractivity (Wildman–Crippen MR) is 288 cm³/mol. The molecular formula is C61H100O6. The summed E-state index contributed by atoms with van der Waals surface area (Å²) in [7, 11) is 0. The highest BCUT2D eigenvalue weighted by Crippen LogP contribution is 2.15. The zero-order chi connectivity index (χ0) is 48.6. The molecule has 0 aliphatic carbocycles. The van der Waals surface area contributed by atoms with E-state index in [1.165, 1.54) is 77.0 Å². The first-order chi connectivity index (χ1) is 33.0. The van der Waals surface area contributed by atoms with Gasteiger partial charge in [0.25, 0.3) is 0 Å². The molecule has 6 nitrogen and oxygen atoms in total. The lowest BCUT2D eigenvalue weighted by molar-refractivity contribution is -0.167. The van der Waals surface area contributed by atoms with Crippen molar-refractivity contribution in [2.75, 3.05) is 13.2 Å². The molecule has 0 saturated heterocycles. The van der Waals surface area contributed by atoms with Crippen molar-refractivity contribution in [1.29, 1.82) is 0 Å². The summed E-state index contributed by atoms with van der Waals surface area (Å²) in [4.78, 5) is 38.1. The Bertz CT molecular complexity index is 1390. The molecule has 0 aromatic rings. The zero-order valence-electron chi connectivity index (χ0n) is 43.4. The fourth-order valence-electron chi connectivity index (χ4n) is 7.23. The molecule has 0 fully saturated rings. The maximum absolute atomic E-state index is 12.8. The molecule has 380 valence electrons. The summed E-state index contributed by atoms with van der Waals surface area (Å²) in [6.45, 7) is 6.34. The summed E-state index contributed by atoms with van der Waals surface area (Å²) in [5.41, 5.74) is 0. The standard InChI is InChI=1S/C61H100O6/c1-4-7-10-13-16-19-22-25-28-30-33-36-39-42-45-48-51-54-60(63)66-57-58(56-65-59(62)53-50-47-44-41-38-35-32-27-24-21-18-15-12-9-6-3)67-61(64)55-52-49-46-43-40-37-34-31-29-26-23-20-17-14-11-8-5-2/h7-8,10-11,16-17,19-20,25-26,28-29,33-34,36-37,42,45,58H,4-6,9,12-15,18,21-24,27,30-32,35,38-41,43-44,46-57H2,1-3H3/b10-7-,11-8-,19-16-,20-17-,28-25-,29-26-,36-33-,37-34-,45-42-/t58-/m0/s1. The van der Waals surface area contributed by atoms with Gasteiger partial charge in [-0.1, -0.05) is 233 Å². The van der Waals surface area contributed by atoms with Crippen molar-refractivity contribution in [2.24, 2.45) is 0 Å². The molecule has 0 aliphatic rings. The Morgan fingerprint density at radius 2 is 0.597 bits per heavy atom. The monoisotopic (exact) mass is 929 g/mol. The highest BCUT2D eigenvalue weighted by atomic mass is 16.6. The average Bonchev–Trinajstić information content (AvgIpc) is 3.33. The van der Waals surface area contributed by atoms with Crippen LogP contribution in [0.5, 0.6) is 0 Å². The van der Waals surface area contributed by atoms with Gasteiger partial charge in [-0.3, -0.25) is 14.4 Å². The van der Waals surface area contributed by atoms with E-state index in [0.717, 1.165) is 116 Å². The third-order valence-electron chi connectivity index (χ3n) is 11.3. The number of carbonyl (C=O) groups excluding carboxylic acids is 3. The van der Waals surface area contributed by atoms with E-state index < -0.39 is 6.10 Å². The third kappa shape index (κ3) is 52.9. The van der Waals surface area contributed by atoms with Crippen LogP contribution in [-0.4, -0.2) is 37.2 Å². The molecule has 1 atom stereocenters. The van der Waals surface area contributed by atoms with Gasteiger partial charge in [0.2, 0.25) is 0 Å². The molecule has 0 aliphatic heterocycles. The van der Waals surface area contributed by atoms with Crippen LogP contribution in [0, 0.1) is 0 Å². The summed E-state index contributed by atoms with van der Waals surface area (Å²) in [6, 6.07) is 0. The molecule has 0 aromatic carbocycles. The van der Waals surface area contributed by atoms with E-state index >= 15 is 0 Å². The Kier molecular flexibility index (Phi) is 51.5. The summed E-state index contributed by atoms with van der Waals surface area (Å²) >= 11 is 0. The van der Waals surface area contributed by atoms with E-state index in [2.05, 4.69) is 130 Å². The van der Waals surface area contributed by atoms with Gasteiger partial charge in [0.05, 0.1) is 0 Å². The summed E-state index contributed by atoms with van der Waals surface area (Å²) in [5.74, 6) is -0.991. The molecule has 0 amide bonds. The lowest BCUT2D eigenvalue weighted by Crippen LogP contribution is -2.30. The number of esters is 3. The van der Waals surface area contributed by atoms with Gasteiger partial charge in [0.15, 0.2) is 6.10 Å². The second-order valence-corrected chi connectivity index (χ2v) is 17.7. The molecule has 0 N–H and O–H groups in total. The Balaban J connectivity index is 4.53. The number of rotatable bonds is 48. The van der Waals surface area contributed by atoms with Crippen LogP contribution in [0.2, 0.25) is 0 Å². The zero-order valence-corrected chi connectivity index (χ0v) is 43.4. The SMILES string of the molecule is CC/C=C\C/C=C\C/C=C\C/C=C\C/C=C\CCCC(=O)OC[C@H](COC(=O)CCCCCCCCCCCCCCCCC)OC(=O)CCCCCC/C=C\C/C=C\C/C=C\C/C=C\CC. The molecule has 6 heteroatoms. The van der Waals surface area contributed by atoms with Gasteiger partial charge in [-0.2, -0.15) is 0 Å². The first-order valence-corrected chi connectivity index (χ1v) is 27.4. The molecule has 0 unspecified atom stereocenters. The smallest absolute Gasteiger partial charge is 0.306 e. The maximum atomic E-state index is 12.8. The van der Waals surface area contributed by atoms with Gasteiger partial charge in [-0.15, -0.1) is 0 Å². The molecule has 67 heavy (non-hydrogen) atoms. The molecule has 0 spiro atoms. The van der Waals surface area contributed by atoms with E-state index in [9.17, 15) is 14.4 Å². The number of hydrogen-bond acceptors (Lipinski definition) is 6. The van der Waals surface area contributed by atoms with Crippen molar-refractivity contribution >= 4 is 17.9 Å². The van der Waals surface area contributed by atoms with Crippen LogP contribution < -0.4 is 0 Å². The lowest BCUT2D eigenvalue weighted by Gasteiger charge is -2.18.